The molecule has 0 aromatic carbocycles. The van der Waals surface area contributed by atoms with E-state index in [4.69, 9.17) is 0 Å². The van der Waals surface area contributed by atoms with E-state index in [1.165, 1.54) is 32.4 Å². The zero-order valence-corrected chi connectivity index (χ0v) is 11.0. The van der Waals surface area contributed by atoms with Gasteiger partial charge in [0.1, 0.15) is 0 Å². The predicted molar refractivity (Wildman–Crippen MR) is 68.7 cm³/mol. The highest BCUT2D eigenvalue weighted by molar-refractivity contribution is 5.80. The Bertz CT molecular complexity index is 251. The summed E-state index contributed by atoms with van der Waals surface area (Å²) in [4.78, 5) is 16.3. The lowest BCUT2D eigenvalue weighted by Gasteiger charge is -2.30. The van der Waals surface area contributed by atoms with Gasteiger partial charge in [-0.05, 0) is 32.4 Å². The van der Waals surface area contributed by atoms with Crippen molar-refractivity contribution in [2.45, 2.75) is 45.2 Å². The molecule has 1 unspecified atom stereocenters. The van der Waals surface area contributed by atoms with Crippen molar-refractivity contribution in [3.05, 3.63) is 0 Å². The standard InChI is InChI=1S/C13H25N3O/c1-2-6-12-14-11-13(17)16(12)10-9-15-7-4-3-5-8-15/h12,14H,2-11H2,1H3. The van der Waals surface area contributed by atoms with Gasteiger partial charge in [-0.25, -0.2) is 0 Å². The largest absolute Gasteiger partial charge is 0.325 e. The van der Waals surface area contributed by atoms with Crippen molar-refractivity contribution in [2.24, 2.45) is 0 Å². The molecular formula is C13H25N3O. The van der Waals surface area contributed by atoms with Crippen molar-refractivity contribution in [3.8, 4) is 0 Å². The molecule has 2 aliphatic heterocycles. The number of hydrogen-bond donors (Lipinski definition) is 1. The number of nitrogens with zero attached hydrogens (tertiary/aromatic N) is 2. The van der Waals surface area contributed by atoms with E-state index in [0.29, 0.717) is 6.54 Å². The zero-order chi connectivity index (χ0) is 12.1. The van der Waals surface area contributed by atoms with Crippen LogP contribution < -0.4 is 5.32 Å². The minimum absolute atomic E-state index is 0.278. The average Bonchev–Trinajstić information content (AvgIpc) is 2.70. The first kappa shape index (κ1) is 12.8. The van der Waals surface area contributed by atoms with Gasteiger partial charge in [0, 0.05) is 13.1 Å². The molecule has 2 heterocycles. The zero-order valence-electron chi connectivity index (χ0n) is 11.0. The van der Waals surface area contributed by atoms with Crippen molar-refractivity contribution >= 4 is 5.91 Å². The molecule has 2 aliphatic rings. The van der Waals surface area contributed by atoms with E-state index in [0.717, 1.165) is 25.9 Å². The van der Waals surface area contributed by atoms with Gasteiger partial charge < -0.3 is 9.80 Å². The molecule has 0 saturated carbocycles. The van der Waals surface area contributed by atoms with Gasteiger partial charge in [-0.2, -0.15) is 0 Å². The Balaban J connectivity index is 1.77. The maximum Gasteiger partial charge on any atom is 0.237 e. The number of amides is 1. The quantitative estimate of drug-likeness (QED) is 0.778. The first-order valence-corrected chi connectivity index (χ1v) is 7.06. The Labute approximate surface area is 104 Å². The van der Waals surface area contributed by atoms with Crippen LogP contribution in [-0.2, 0) is 4.79 Å². The lowest BCUT2D eigenvalue weighted by atomic mass is 10.1. The van der Waals surface area contributed by atoms with Crippen molar-refractivity contribution in [2.75, 3.05) is 32.7 Å². The van der Waals surface area contributed by atoms with E-state index in [1.54, 1.807) is 0 Å². The molecule has 0 aromatic heterocycles. The van der Waals surface area contributed by atoms with Gasteiger partial charge in [0.2, 0.25) is 5.91 Å². The summed E-state index contributed by atoms with van der Waals surface area (Å²) in [5.74, 6) is 0.278. The summed E-state index contributed by atoms with van der Waals surface area (Å²) in [7, 11) is 0. The van der Waals surface area contributed by atoms with E-state index in [2.05, 4.69) is 17.1 Å². The fourth-order valence-electron chi connectivity index (χ4n) is 2.83. The van der Waals surface area contributed by atoms with Crippen LogP contribution in [0.3, 0.4) is 0 Å². The van der Waals surface area contributed by atoms with Crippen LogP contribution >= 0.6 is 0 Å². The third-order valence-electron chi connectivity index (χ3n) is 3.85. The fourth-order valence-corrected chi connectivity index (χ4v) is 2.83. The Kier molecular flexibility index (Phi) is 4.80. The van der Waals surface area contributed by atoms with Gasteiger partial charge in [0.15, 0.2) is 0 Å². The molecule has 0 aliphatic carbocycles. The smallest absolute Gasteiger partial charge is 0.237 e. The molecule has 0 spiro atoms. The van der Waals surface area contributed by atoms with Crippen LogP contribution in [0.1, 0.15) is 39.0 Å². The summed E-state index contributed by atoms with van der Waals surface area (Å²) in [5, 5.41) is 3.30. The number of piperidine rings is 1. The van der Waals surface area contributed by atoms with Gasteiger partial charge in [-0.1, -0.05) is 19.8 Å². The van der Waals surface area contributed by atoms with E-state index in [-0.39, 0.29) is 12.1 Å². The molecule has 2 fully saturated rings. The second-order valence-corrected chi connectivity index (χ2v) is 5.17. The first-order chi connectivity index (χ1) is 8.31. The Morgan fingerprint density at radius 1 is 1.24 bits per heavy atom. The SMILES string of the molecule is CCCC1NCC(=O)N1CCN1CCCCC1. The Morgan fingerprint density at radius 2 is 2.00 bits per heavy atom. The van der Waals surface area contributed by atoms with Crippen LogP contribution in [0.15, 0.2) is 0 Å². The first-order valence-electron chi connectivity index (χ1n) is 7.06. The highest BCUT2D eigenvalue weighted by Crippen LogP contribution is 2.12. The summed E-state index contributed by atoms with van der Waals surface area (Å²) in [5.41, 5.74) is 0. The van der Waals surface area contributed by atoms with Crippen molar-refractivity contribution in [1.82, 2.24) is 15.1 Å². The average molecular weight is 239 g/mol. The van der Waals surface area contributed by atoms with Gasteiger partial charge in [0.05, 0.1) is 12.7 Å². The molecule has 0 bridgehead atoms. The monoisotopic (exact) mass is 239 g/mol. The highest BCUT2D eigenvalue weighted by atomic mass is 16.2. The van der Waals surface area contributed by atoms with Crippen LogP contribution in [0.2, 0.25) is 0 Å². The third-order valence-corrected chi connectivity index (χ3v) is 3.85. The topological polar surface area (TPSA) is 35.6 Å². The fraction of sp³-hybridized carbons (Fsp3) is 0.923. The third kappa shape index (κ3) is 3.42. The maximum absolute atomic E-state index is 11.8. The summed E-state index contributed by atoms with van der Waals surface area (Å²) in [6.45, 7) is 7.09. The molecule has 17 heavy (non-hydrogen) atoms. The lowest BCUT2D eigenvalue weighted by Crippen LogP contribution is -2.43. The van der Waals surface area contributed by atoms with Crippen LogP contribution in [0.5, 0.6) is 0 Å². The minimum Gasteiger partial charge on any atom is -0.325 e. The molecule has 4 heteroatoms. The van der Waals surface area contributed by atoms with Crippen molar-refractivity contribution in [1.29, 1.82) is 0 Å². The molecule has 2 rings (SSSR count). The number of rotatable bonds is 5. The van der Waals surface area contributed by atoms with E-state index in [1.807, 2.05) is 4.90 Å². The maximum atomic E-state index is 11.8. The van der Waals surface area contributed by atoms with E-state index in [9.17, 15) is 4.79 Å². The normalized spacial score (nSPS) is 26.8. The van der Waals surface area contributed by atoms with Crippen LogP contribution in [0.4, 0.5) is 0 Å². The summed E-state index contributed by atoms with van der Waals surface area (Å²) in [6.07, 6.45) is 6.52. The van der Waals surface area contributed by atoms with Crippen LogP contribution in [-0.4, -0.2) is 54.6 Å². The minimum atomic E-state index is 0.278. The van der Waals surface area contributed by atoms with Crippen molar-refractivity contribution in [3.63, 3.8) is 0 Å². The van der Waals surface area contributed by atoms with Gasteiger partial charge >= 0.3 is 0 Å². The molecule has 1 N–H and O–H groups in total. The molecule has 1 amide bonds. The number of carbonyl (C=O) groups is 1. The Hall–Kier alpha value is -0.610. The molecule has 2 saturated heterocycles. The van der Waals surface area contributed by atoms with E-state index < -0.39 is 0 Å². The second-order valence-electron chi connectivity index (χ2n) is 5.17. The predicted octanol–water partition coefficient (Wildman–Crippen LogP) is 1.03. The number of hydrogen-bond acceptors (Lipinski definition) is 3. The summed E-state index contributed by atoms with van der Waals surface area (Å²) >= 11 is 0. The van der Waals surface area contributed by atoms with Gasteiger partial charge in [-0.3, -0.25) is 10.1 Å². The number of nitrogens with one attached hydrogen (secondary N) is 1. The Morgan fingerprint density at radius 3 is 2.71 bits per heavy atom. The summed E-state index contributed by atoms with van der Waals surface area (Å²) < 4.78 is 0. The van der Waals surface area contributed by atoms with Crippen LogP contribution in [0, 0.1) is 0 Å². The molecule has 1 atom stereocenters. The molecule has 0 radical (unpaired) electrons. The number of likely N-dealkylation sites (tertiary alicyclic amines) is 1. The highest BCUT2D eigenvalue weighted by Gasteiger charge is 2.29. The number of carbonyl (C=O) groups excluding carboxylic acids is 1. The van der Waals surface area contributed by atoms with Gasteiger partial charge in [-0.15, -0.1) is 0 Å². The second kappa shape index (κ2) is 6.36. The van der Waals surface area contributed by atoms with Crippen LogP contribution in [0.25, 0.3) is 0 Å². The van der Waals surface area contributed by atoms with E-state index >= 15 is 0 Å². The van der Waals surface area contributed by atoms with Gasteiger partial charge in [0.25, 0.3) is 0 Å². The molecular weight excluding hydrogens is 214 g/mol. The van der Waals surface area contributed by atoms with Crippen molar-refractivity contribution < 1.29 is 4.79 Å². The molecule has 98 valence electrons. The molecule has 4 nitrogen and oxygen atoms in total. The summed E-state index contributed by atoms with van der Waals surface area (Å²) in [6, 6.07) is 0. The molecule has 0 aromatic rings. The lowest BCUT2D eigenvalue weighted by molar-refractivity contribution is -0.128.